The molecule has 1 N–H and O–H groups in total. The Morgan fingerprint density at radius 1 is 1.11 bits per heavy atom. The number of hydrogen-bond donors (Lipinski definition) is 1. The first-order valence-corrected chi connectivity index (χ1v) is 9.87. The van der Waals surface area contributed by atoms with E-state index in [9.17, 15) is 9.59 Å². The van der Waals surface area contributed by atoms with Crippen LogP contribution in [-0.4, -0.2) is 36.4 Å². The van der Waals surface area contributed by atoms with Crippen molar-refractivity contribution >= 4 is 17.5 Å². The van der Waals surface area contributed by atoms with Crippen molar-refractivity contribution in [1.82, 2.24) is 4.90 Å². The van der Waals surface area contributed by atoms with Gasteiger partial charge in [0.15, 0.2) is 0 Å². The predicted octanol–water partition coefficient (Wildman–Crippen LogP) is 4.19. The first-order chi connectivity index (χ1) is 13.5. The number of rotatable bonds is 5. The largest absolute Gasteiger partial charge is 0.494 e. The second-order valence-corrected chi connectivity index (χ2v) is 7.41. The lowest BCUT2D eigenvalue weighted by Crippen LogP contribution is -2.43. The molecule has 1 unspecified atom stereocenters. The number of carbonyl (C=O) groups excluding carboxylic acids is 2. The van der Waals surface area contributed by atoms with Crippen LogP contribution in [0.5, 0.6) is 5.75 Å². The molecule has 1 aliphatic heterocycles. The smallest absolute Gasteiger partial charge is 0.253 e. The van der Waals surface area contributed by atoms with Crippen LogP contribution >= 0.6 is 0 Å². The number of anilines is 1. The minimum Gasteiger partial charge on any atom is -0.494 e. The molecule has 0 bridgehead atoms. The number of ether oxygens (including phenoxy) is 1. The molecule has 0 spiro atoms. The van der Waals surface area contributed by atoms with E-state index in [0.717, 1.165) is 35.4 Å². The molecular formula is C23H28N2O3. The Hall–Kier alpha value is -2.82. The summed E-state index contributed by atoms with van der Waals surface area (Å²) < 4.78 is 5.42. The van der Waals surface area contributed by atoms with Crippen LogP contribution in [0.3, 0.4) is 0 Å². The number of aryl methyl sites for hydroxylation is 2. The van der Waals surface area contributed by atoms with Gasteiger partial charge in [-0.25, -0.2) is 0 Å². The van der Waals surface area contributed by atoms with Crippen LogP contribution in [0.25, 0.3) is 0 Å². The number of carbonyl (C=O) groups is 2. The predicted molar refractivity (Wildman–Crippen MR) is 111 cm³/mol. The molecule has 1 aliphatic rings. The van der Waals surface area contributed by atoms with E-state index in [1.54, 1.807) is 4.90 Å². The lowest BCUT2D eigenvalue weighted by Gasteiger charge is -2.32. The normalized spacial score (nSPS) is 16.5. The molecule has 28 heavy (non-hydrogen) atoms. The molecular weight excluding hydrogens is 352 g/mol. The highest BCUT2D eigenvalue weighted by Gasteiger charge is 2.29. The Labute approximate surface area is 166 Å². The van der Waals surface area contributed by atoms with Crippen LogP contribution in [-0.2, 0) is 4.79 Å². The minimum atomic E-state index is -0.199. The molecule has 1 heterocycles. The number of benzene rings is 2. The highest BCUT2D eigenvalue weighted by Crippen LogP contribution is 2.22. The zero-order chi connectivity index (χ0) is 20.1. The summed E-state index contributed by atoms with van der Waals surface area (Å²) in [5.41, 5.74) is 3.59. The lowest BCUT2D eigenvalue weighted by molar-refractivity contribution is -0.121. The fourth-order valence-corrected chi connectivity index (χ4v) is 3.70. The third kappa shape index (κ3) is 4.91. The van der Waals surface area contributed by atoms with E-state index in [4.69, 9.17) is 4.74 Å². The number of amides is 2. The van der Waals surface area contributed by atoms with Gasteiger partial charge in [0.2, 0.25) is 5.91 Å². The summed E-state index contributed by atoms with van der Waals surface area (Å²) in [5.74, 6) is 0.547. The van der Waals surface area contributed by atoms with Crippen molar-refractivity contribution in [2.75, 3.05) is 25.0 Å². The molecule has 148 valence electrons. The molecule has 2 aromatic rings. The fourth-order valence-electron chi connectivity index (χ4n) is 3.70. The number of nitrogens with zero attached hydrogens (tertiary/aromatic N) is 1. The Morgan fingerprint density at radius 3 is 2.43 bits per heavy atom. The summed E-state index contributed by atoms with van der Waals surface area (Å²) >= 11 is 0. The first-order valence-electron chi connectivity index (χ1n) is 9.87. The van der Waals surface area contributed by atoms with Gasteiger partial charge in [-0.15, -0.1) is 0 Å². The zero-order valence-electron chi connectivity index (χ0n) is 16.8. The molecule has 5 nitrogen and oxygen atoms in total. The van der Waals surface area contributed by atoms with E-state index >= 15 is 0 Å². The van der Waals surface area contributed by atoms with Gasteiger partial charge < -0.3 is 15.0 Å². The van der Waals surface area contributed by atoms with Crippen LogP contribution < -0.4 is 10.1 Å². The van der Waals surface area contributed by atoms with Crippen molar-refractivity contribution in [1.29, 1.82) is 0 Å². The van der Waals surface area contributed by atoms with Gasteiger partial charge in [0.25, 0.3) is 5.91 Å². The molecule has 0 aromatic heterocycles. The van der Waals surface area contributed by atoms with Gasteiger partial charge in [-0.3, -0.25) is 9.59 Å². The van der Waals surface area contributed by atoms with Gasteiger partial charge in [-0.1, -0.05) is 17.2 Å². The molecule has 0 saturated carbocycles. The van der Waals surface area contributed by atoms with E-state index in [1.807, 2.05) is 57.2 Å². The van der Waals surface area contributed by atoms with E-state index in [2.05, 4.69) is 11.4 Å². The maximum atomic E-state index is 12.9. The molecule has 2 amide bonds. The third-order valence-corrected chi connectivity index (χ3v) is 4.98. The average molecular weight is 380 g/mol. The fraction of sp³-hybridized carbons (Fsp3) is 0.391. The molecule has 0 aliphatic carbocycles. The Morgan fingerprint density at radius 2 is 1.79 bits per heavy atom. The Balaban J connectivity index is 1.63. The molecule has 0 radical (unpaired) electrons. The van der Waals surface area contributed by atoms with Crippen molar-refractivity contribution in [3.05, 3.63) is 59.2 Å². The SMILES string of the molecule is CCOc1ccc(NC(=O)C2CCCN(C(=O)c3cc(C)cc(C)c3)C2)cc1. The van der Waals surface area contributed by atoms with Crippen molar-refractivity contribution in [2.24, 2.45) is 5.92 Å². The Kier molecular flexibility index (Phi) is 6.34. The van der Waals surface area contributed by atoms with Gasteiger partial charge in [0.1, 0.15) is 5.75 Å². The van der Waals surface area contributed by atoms with E-state index in [0.29, 0.717) is 25.3 Å². The van der Waals surface area contributed by atoms with Crippen LogP contribution in [0.15, 0.2) is 42.5 Å². The quantitative estimate of drug-likeness (QED) is 0.846. The van der Waals surface area contributed by atoms with Gasteiger partial charge >= 0.3 is 0 Å². The second-order valence-electron chi connectivity index (χ2n) is 7.41. The molecule has 1 atom stereocenters. The summed E-state index contributed by atoms with van der Waals surface area (Å²) in [6.45, 7) is 7.68. The number of hydrogen-bond acceptors (Lipinski definition) is 3. The van der Waals surface area contributed by atoms with Crippen molar-refractivity contribution in [2.45, 2.75) is 33.6 Å². The van der Waals surface area contributed by atoms with Crippen molar-refractivity contribution in [3.63, 3.8) is 0 Å². The number of piperidine rings is 1. The maximum absolute atomic E-state index is 12.9. The monoisotopic (exact) mass is 380 g/mol. The van der Waals surface area contributed by atoms with E-state index in [-0.39, 0.29) is 17.7 Å². The molecule has 1 fully saturated rings. The standard InChI is InChI=1S/C23H28N2O3/c1-4-28-21-9-7-20(8-10-21)24-22(26)18-6-5-11-25(15-18)23(27)19-13-16(2)12-17(3)14-19/h7-10,12-14,18H,4-6,11,15H2,1-3H3,(H,24,26). The van der Waals surface area contributed by atoms with Gasteiger partial charge in [0.05, 0.1) is 12.5 Å². The van der Waals surface area contributed by atoms with E-state index in [1.165, 1.54) is 0 Å². The third-order valence-electron chi connectivity index (χ3n) is 4.98. The second kappa shape index (κ2) is 8.91. The molecule has 3 rings (SSSR count). The first kappa shape index (κ1) is 19.9. The molecule has 5 heteroatoms. The van der Waals surface area contributed by atoms with Crippen molar-refractivity contribution < 1.29 is 14.3 Å². The van der Waals surface area contributed by atoms with Gasteiger partial charge in [0, 0.05) is 24.3 Å². The molecule has 1 saturated heterocycles. The summed E-state index contributed by atoms with van der Waals surface area (Å²) in [6, 6.07) is 13.2. The van der Waals surface area contributed by atoms with Gasteiger partial charge in [-0.05, 0) is 70.0 Å². The topological polar surface area (TPSA) is 58.6 Å². The van der Waals surface area contributed by atoms with E-state index < -0.39 is 0 Å². The van der Waals surface area contributed by atoms with Crippen LogP contribution in [0.1, 0.15) is 41.3 Å². The summed E-state index contributed by atoms with van der Waals surface area (Å²) in [7, 11) is 0. The van der Waals surface area contributed by atoms with Crippen LogP contribution in [0.2, 0.25) is 0 Å². The Bertz CT molecular complexity index is 825. The lowest BCUT2D eigenvalue weighted by atomic mass is 9.96. The maximum Gasteiger partial charge on any atom is 0.253 e. The van der Waals surface area contributed by atoms with Crippen molar-refractivity contribution in [3.8, 4) is 5.75 Å². The van der Waals surface area contributed by atoms with Crippen LogP contribution in [0, 0.1) is 19.8 Å². The average Bonchev–Trinajstić information content (AvgIpc) is 2.68. The van der Waals surface area contributed by atoms with Gasteiger partial charge in [-0.2, -0.15) is 0 Å². The number of nitrogens with one attached hydrogen (secondary N) is 1. The minimum absolute atomic E-state index is 0.00497. The highest BCUT2D eigenvalue weighted by atomic mass is 16.5. The highest BCUT2D eigenvalue weighted by molar-refractivity contribution is 5.96. The zero-order valence-corrected chi connectivity index (χ0v) is 16.8. The summed E-state index contributed by atoms with van der Waals surface area (Å²) in [4.78, 5) is 27.4. The van der Waals surface area contributed by atoms with Crippen LogP contribution in [0.4, 0.5) is 5.69 Å². The summed E-state index contributed by atoms with van der Waals surface area (Å²) in [6.07, 6.45) is 1.62. The molecule has 2 aromatic carbocycles. The summed E-state index contributed by atoms with van der Waals surface area (Å²) in [5, 5.41) is 2.97. The number of likely N-dealkylation sites (tertiary alicyclic amines) is 1.